The van der Waals surface area contributed by atoms with E-state index in [1.165, 1.54) is 0 Å². The van der Waals surface area contributed by atoms with Crippen LogP contribution < -0.4 is 0 Å². The molecule has 0 spiro atoms. The van der Waals surface area contributed by atoms with Crippen molar-refractivity contribution in [2.24, 2.45) is 0 Å². The highest BCUT2D eigenvalue weighted by Gasteiger charge is 2.04. The Morgan fingerprint density at radius 3 is 2.16 bits per heavy atom. The number of aliphatic carboxylic acids is 1. The molecule has 2 rings (SSSR count). The second kappa shape index (κ2) is 6.04. The van der Waals surface area contributed by atoms with Gasteiger partial charge in [0.1, 0.15) is 10.3 Å². The van der Waals surface area contributed by atoms with Gasteiger partial charge in [0.25, 0.3) is 0 Å². The van der Waals surface area contributed by atoms with E-state index in [9.17, 15) is 4.79 Å². The average molecular weight is 296 g/mol. The molecular weight excluding hydrogens is 285 g/mol. The molecule has 2 aromatic rings. The molecule has 0 unspecified atom stereocenters. The topological polar surface area (TPSA) is 50.2 Å². The monoisotopic (exact) mass is 295 g/mol. The zero-order valence-electron chi connectivity index (χ0n) is 9.94. The second-order valence-electron chi connectivity index (χ2n) is 4.09. The lowest BCUT2D eigenvalue weighted by molar-refractivity contribution is -0.136. The summed E-state index contributed by atoms with van der Waals surface area (Å²) in [6.45, 7) is 0. The van der Waals surface area contributed by atoms with Gasteiger partial charge in [0, 0.05) is 6.42 Å². The summed E-state index contributed by atoms with van der Waals surface area (Å²) in [7, 11) is 0. The Bertz CT molecular complexity index is 577. The molecule has 1 N–H and O–H groups in total. The molecule has 1 aromatic heterocycles. The molecule has 0 saturated carbocycles. The number of benzene rings is 1. The van der Waals surface area contributed by atoms with Crippen molar-refractivity contribution in [1.82, 2.24) is 4.98 Å². The van der Waals surface area contributed by atoms with Crippen LogP contribution in [0.4, 0.5) is 0 Å². The first kappa shape index (κ1) is 13.8. The zero-order chi connectivity index (χ0) is 13.8. The van der Waals surface area contributed by atoms with Gasteiger partial charge < -0.3 is 5.11 Å². The number of hydrogen-bond donors (Lipinski definition) is 1. The van der Waals surface area contributed by atoms with Crippen LogP contribution in [0.15, 0.2) is 36.4 Å². The molecule has 0 atom stereocenters. The molecular formula is C14H11Cl2NO2. The summed E-state index contributed by atoms with van der Waals surface area (Å²) in [6, 6.07) is 11.1. The summed E-state index contributed by atoms with van der Waals surface area (Å²) in [4.78, 5) is 14.4. The van der Waals surface area contributed by atoms with Gasteiger partial charge in [-0.25, -0.2) is 4.98 Å². The molecule has 0 aliphatic rings. The second-order valence-corrected chi connectivity index (χ2v) is 4.87. The summed E-state index contributed by atoms with van der Waals surface area (Å²) in [5, 5.41) is 9.32. The highest BCUT2D eigenvalue weighted by molar-refractivity contribution is 6.32. The number of nitrogens with zero attached hydrogens (tertiary/aromatic N) is 1. The van der Waals surface area contributed by atoms with Crippen molar-refractivity contribution >= 4 is 29.2 Å². The number of aryl methyl sites for hydroxylation is 1. The third-order valence-electron chi connectivity index (χ3n) is 2.68. The highest BCUT2D eigenvalue weighted by atomic mass is 35.5. The molecule has 1 heterocycles. The van der Waals surface area contributed by atoms with Crippen LogP contribution >= 0.6 is 23.2 Å². The number of aromatic nitrogens is 1. The predicted octanol–water partition coefficient (Wildman–Crippen LogP) is 4.07. The molecule has 3 nitrogen and oxygen atoms in total. The van der Waals surface area contributed by atoms with E-state index in [1.807, 2.05) is 24.3 Å². The lowest BCUT2D eigenvalue weighted by atomic mass is 10.0. The van der Waals surface area contributed by atoms with E-state index in [4.69, 9.17) is 28.3 Å². The maximum Gasteiger partial charge on any atom is 0.303 e. The summed E-state index contributed by atoms with van der Waals surface area (Å²) in [5.41, 5.74) is 2.83. The number of hydrogen-bond acceptors (Lipinski definition) is 2. The maximum absolute atomic E-state index is 10.5. The van der Waals surface area contributed by atoms with Crippen LogP contribution in [0.5, 0.6) is 0 Å². The van der Waals surface area contributed by atoms with Crippen molar-refractivity contribution in [3.05, 3.63) is 52.3 Å². The molecule has 0 saturated heterocycles. The lowest BCUT2D eigenvalue weighted by Crippen LogP contribution is -1.97. The van der Waals surface area contributed by atoms with Crippen LogP contribution in [0.1, 0.15) is 12.0 Å². The first-order chi connectivity index (χ1) is 9.04. The van der Waals surface area contributed by atoms with Gasteiger partial charge in [-0.3, -0.25) is 4.79 Å². The fourth-order valence-corrected chi connectivity index (χ4v) is 2.21. The van der Waals surface area contributed by atoms with Crippen LogP contribution in [-0.4, -0.2) is 16.1 Å². The predicted molar refractivity (Wildman–Crippen MR) is 75.6 cm³/mol. The minimum atomic E-state index is -0.795. The van der Waals surface area contributed by atoms with Gasteiger partial charge in [-0.05, 0) is 35.2 Å². The molecule has 0 bridgehead atoms. The van der Waals surface area contributed by atoms with Gasteiger partial charge in [-0.15, -0.1) is 0 Å². The number of carboxylic acid groups (broad SMARTS) is 1. The lowest BCUT2D eigenvalue weighted by Gasteiger charge is -2.05. The summed E-state index contributed by atoms with van der Waals surface area (Å²) >= 11 is 11.7. The van der Waals surface area contributed by atoms with Crippen LogP contribution in [0.25, 0.3) is 11.1 Å². The van der Waals surface area contributed by atoms with Gasteiger partial charge in [-0.1, -0.05) is 47.5 Å². The van der Waals surface area contributed by atoms with Crippen molar-refractivity contribution < 1.29 is 9.90 Å². The van der Waals surface area contributed by atoms with Crippen molar-refractivity contribution in [2.45, 2.75) is 12.8 Å². The molecule has 0 radical (unpaired) electrons. The number of carbonyl (C=O) groups is 1. The zero-order valence-corrected chi connectivity index (χ0v) is 11.4. The van der Waals surface area contributed by atoms with Crippen molar-refractivity contribution in [1.29, 1.82) is 0 Å². The molecule has 98 valence electrons. The van der Waals surface area contributed by atoms with E-state index in [0.717, 1.165) is 16.7 Å². The van der Waals surface area contributed by atoms with E-state index in [0.29, 0.717) is 16.7 Å². The Kier molecular flexibility index (Phi) is 4.40. The van der Waals surface area contributed by atoms with Crippen LogP contribution in [-0.2, 0) is 11.2 Å². The van der Waals surface area contributed by atoms with Crippen molar-refractivity contribution in [3.8, 4) is 11.1 Å². The van der Waals surface area contributed by atoms with E-state index in [1.54, 1.807) is 12.1 Å². The SMILES string of the molecule is O=C(O)CCc1ccc(-c2cc(Cl)nc(Cl)c2)cc1. The molecule has 0 aliphatic heterocycles. The van der Waals surface area contributed by atoms with Gasteiger partial charge >= 0.3 is 5.97 Å². The standard InChI is InChI=1S/C14H11Cl2NO2/c15-12-7-11(8-13(16)17-12)10-4-1-9(2-5-10)3-6-14(18)19/h1-2,4-5,7-8H,3,6H2,(H,18,19). The highest BCUT2D eigenvalue weighted by Crippen LogP contribution is 2.25. The number of pyridine rings is 1. The number of halogens is 2. The Morgan fingerprint density at radius 2 is 1.63 bits per heavy atom. The van der Waals surface area contributed by atoms with Gasteiger partial charge in [0.2, 0.25) is 0 Å². The van der Waals surface area contributed by atoms with E-state index in [2.05, 4.69) is 4.98 Å². The number of rotatable bonds is 4. The van der Waals surface area contributed by atoms with Gasteiger partial charge in [-0.2, -0.15) is 0 Å². The first-order valence-electron chi connectivity index (χ1n) is 5.69. The minimum Gasteiger partial charge on any atom is -0.481 e. The summed E-state index contributed by atoms with van der Waals surface area (Å²) in [6.07, 6.45) is 0.653. The Morgan fingerprint density at radius 1 is 1.05 bits per heavy atom. The molecule has 1 aromatic carbocycles. The van der Waals surface area contributed by atoms with Crippen LogP contribution in [0, 0.1) is 0 Å². The fourth-order valence-electron chi connectivity index (χ4n) is 1.75. The van der Waals surface area contributed by atoms with Crippen molar-refractivity contribution in [3.63, 3.8) is 0 Å². The van der Waals surface area contributed by atoms with Crippen molar-refractivity contribution in [2.75, 3.05) is 0 Å². The third kappa shape index (κ3) is 3.94. The van der Waals surface area contributed by atoms with E-state index < -0.39 is 5.97 Å². The Balaban J connectivity index is 2.19. The molecule has 19 heavy (non-hydrogen) atoms. The normalized spacial score (nSPS) is 10.4. The summed E-state index contributed by atoms with van der Waals surface area (Å²) in [5.74, 6) is -0.795. The fraction of sp³-hybridized carbons (Fsp3) is 0.143. The van der Waals surface area contributed by atoms with Gasteiger partial charge in [0.15, 0.2) is 0 Å². The maximum atomic E-state index is 10.5. The Labute approximate surface area is 120 Å². The molecule has 0 aliphatic carbocycles. The van der Waals surface area contributed by atoms with Crippen LogP contribution in [0.2, 0.25) is 10.3 Å². The molecule has 5 heteroatoms. The molecule has 0 fully saturated rings. The van der Waals surface area contributed by atoms with E-state index in [-0.39, 0.29) is 6.42 Å². The minimum absolute atomic E-state index is 0.131. The quantitative estimate of drug-likeness (QED) is 0.865. The molecule has 0 amide bonds. The first-order valence-corrected chi connectivity index (χ1v) is 6.44. The summed E-state index contributed by atoms with van der Waals surface area (Å²) < 4.78 is 0. The van der Waals surface area contributed by atoms with Crippen LogP contribution in [0.3, 0.4) is 0 Å². The smallest absolute Gasteiger partial charge is 0.303 e. The third-order valence-corrected chi connectivity index (χ3v) is 3.06. The Hall–Kier alpha value is -1.58. The van der Waals surface area contributed by atoms with E-state index >= 15 is 0 Å². The van der Waals surface area contributed by atoms with Gasteiger partial charge in [0.05, 0.1) is 0 Å². The number of carboxylic acids is 1. The average Bonchev–Trinajstić information content (AvgIpc) is 2.36. The largest absolute Gasteiger partial charge is 0.481 e.